The predicted molar refractivity (Wildman–Crippen MR) is 66.5 cm³/mol. The first-order chi connectivity index (χ1) is 7.86. The topological polar surface area (TPSA) is 35.5 Å². The van der Waals surface area contributed by atoms with Gasteiger partial charge < -0.3 is 10.4 Å². The van der Waals surface area contributed by atoms with E-state index in [1.807, 2.05) is 0 Å². The predicted octanol–water partition coefficient (Wildman–Crippen LogP) is 1.22. The van der Waals surface area contributed by atoms with Crippen LogP contribution in [0.5, 0.6) is 0 Å². The molecule has 0 aromatic carbocycles. The van der Waals surface area contributed by atoms with Crippen LogP contribution in [0.3, 0.4) is 0 Å². The Hall–Kier alpha value is -0.120. The van der Waals surface area contributed by atoms with Crippen molar-refractivity contribution in [3.8, 4) is 0 Å². The fraction of sp³-hybridized carbons (Fsp3) is 1.00. The van der Waals surface area contributed by atoms with Gasteiger partial charge in [-0.15, -0.1) is 0 Å². The number of nitrogens with zero attached hydrogens (tertiary/aromatic N) is 1. The van der Waals surface area contributed by atoms with Crippen molar-refractivity contribution in [2.75, 3.05) is 26.2 Å². The highest BCUT2D eigenvalue weighted by Crippen LogP contribution is 2.27. The first-order valence-electron chi connectivity index (χ1n) is 6.94. The molecule has 0 aromatic rings. The number of hydrogen-bond acceptors (Lipinski definition) is 3. The molecule has 3 heteroatoms. The zero-order chi connectivity index (χ0) is 11.4. The lowest BCUT2D eigenvalue weighted by Crippen LogP contribution is -2.49. The van der Waals surface area contributed by atoms with Crippen molar-refractivity contribution in [3.05, 3.63) is 0 Å². The van der Waals surface area contributed by atoms with E-state index < -0.39 is 0 Å². The Morgan fingerprint density at radius 1 is 1.31 bits per heavy atom. The molecule has 0 amide bonds. The Bertz CT molecular complexity index is 208. The van der Waals surface area contributed by atoms with E-state index in [1.54, 1.807) is 0 Å². The molecule has 0 aliphatic carbocycles. The van der Waals surface area contributed by atoms with Crippen molar-refractivity contribution in [2.24, 2.45) is 5.92 Å². The van der Waals surface area contributed by atoms with Crippen LogP contribution >= 0.6 is 0 Å². The van der Waals surface area contributed by atoms with Gasteiger partial charge >= 0.3 is 0 Å². The second-order valence-corrected chi connectivity index (χ2v) is 5.29. The molecule has 2 N–H and O–H groups in total. The van der Waals surface area contributed by atoms with Crippen LogP contribution in [0.1, 0.15) is 39.0 Å². The second-order valence-electron chi connectivity index (χ2n) is 5.29. The zero-order valence-electron chi connectivity index (χ0n) is 10.5. The third-order valence-corrected chi connectivity index (χ3v) is 4.39. The molecule has 2 fully saturated rings. The minimum absolute atomic E-state index is 0.345. The third kappa shape index (κ3) is 2.58. The van der Waals surface area contributed by atoms with Gasteiger partial charge in [0.25, 0.3) is 0 Å². The first kappa shape index (κ1) is 12.3. The molecular weight excluding hydrogens is 200 g/mol. The lowest BCUT2D eigenvalue weighted by molar-refractivity contribution is 0.0638. The van der Waals surface area contributed by atoms with Crippen molar-refractivity contribution in [1.29, 1.82) is 0 Å². The van der Waals surface area contributed by atoms with Gasteiger partial charge in [-0.25, -0.2) is 0 Å². The molecule has 3 nitrogen and oxygen atoms in total. The van der Waals surface area contributed by atoms with Crippen molar-refractivity contribution < 1.29 is 5.11 Å². The highest BCUT2D eigenvalue weighted by atomic mass is 16.3. The van der Waals surface area contributed by atoms with E-state index in [0.29, 0.717) is 12.6 Å². The molecule has 2 aliphatic heterocycles. The van der Waals surface area contributed by atoms with E-state index in [-0.39, 0.29) is 0 Å². The maximum atomic E-state index is 9.16. The number of aliphatic hydroxyl groups excluding tert-OH is 1. The number of rotatable bonds is 4. The summed E-state index contributed by atoms with van der Waals surface area (Å²) in [5, 5.41) is 12.7. The molecule has 3 atom stereocenters. The van der Waals surface area contributed by atoms with Crippen LogP contribution in [0.15, 0.2) is 0 Å². The fourth-order valence-corrected chi connectivity index (χ4v) is 3.44. The lowest BCUT2D eigenvalue weighted by Gasteiger charge is -2.41. The Balaban J connectivity index is 1.98. The van der Waals surface area contributed by atoms with Crippen LogP contribution in [-0.2, 0) is 0 Å². The molecule has 0 radical (unpaired) electrons. The molecule has 0 spiro atoms. The van der Waals surface area contributed by atoms with E-state index in [2.05, 4.69) is 17.1 Å². The van der Waals surface area contributed by atoms with E-state index >= 15 is 0 Å². The molecule has 3 unspecified atom stereocenters. The monoisotopic (exact) mass is 226 g/mol. The van der Waals surface area contributed by atoms with Crippen molar-refractivity contribution in [1.82, 2.24) is 10.2 Å². The summed E-state index contributed by atoms with van der Waals surface area (Å²) in [6.45, 7) is 6.23. The molecule has 0 bridgehead atoms. The summed E-state index contributed by atoms with van der Waals surface area (Å²) in [5.41, 5.74) is 0. The van der Waals surface area contributed by atoms with Crippen LogP contribution in [0.25, 0.3) is 0 Å². The van der Waals surface area contributed by atoms with Gasteiger partial charge in [-0.1, -0.05) is 19.8 Å². The van der Waals surface area contributed by atoms with Gasteiger partial charge in [-0.05, 0) is 38.3 Å². The summed E-state index contributed by atoms with van der Waals surface area (Å²) >= 11 is 0. The Kier molecular flexibility index (Phi) is 4.62. The average molecular weight is 226 g/mol. The number of likely N-dealkylation sites (tertiary alicyclic amines) is 1. The summed E-state index contributed by atoms with van der Waals surface area (Å²) in [5.74, 6) is 0.819. The minimum atomic E-state index is 0.345. The number of hydrogen-bond donors (Lipinski definition) is 2. The molecule has 2 rings (SSSR count). The first-order valence-corrected chi connectivity index (χ1v) is 6.94. The average Bonchev–Trinajstić information content (AvgIpc) is 2.78. The van der Waals surface area contributed by atoms with Crippen LogP contribution in [0, 0.1) is 5.92 Å². The number of nitrogens with one attached hydrogen (secondary N) is 1. The molecule has 2 saturated heterocycles. The van der Waals surface area contributed by atoms with Crippen LogP contribution in [0.2, 0.25) is 0 Å². The third-order valence-electron chi connectivity index (χ3n) is 4.39. The largest absolute Gasteiger partial charge is 0.396 e. The van der Waals surface area contributed by atoms with Gasteiger partial charge in [0, 0.05) is 25.2 Å². The minimum Gasteiger partial charge on any atom is -0.396 e. The van der Waals surface area contributed by atoms with Crippen LogP contribution in [0.4, 0.5) is 0 Å². The Labute approximate surface area is 99.2 Å². The van der Waals surface area contributed by atoms with Crippen molar-refractivity contribution in [2.45, 2.75) is 51.1 Å². The van der Waals surface area contributed by atoms with Gasteiger partial charge in [-0.2, -0.15) is 0 Å². The van der Waals surface area contributed by atoms with Gasteiger partial charge in [-0.3, -0.25) is 4.90 Å². The van der Waals surface area contributed by atoms with E-state index in [9.17, 15) is 0 Å². The molecular formula is C13H26N2O. The standard InChI is InChI=1S/C13H26N2O/c1-2-11-9-14-10-13(11)15-7-4-3-5-12(15)6-8-16/h11-14,16H,2-10H2,1H3. The quantitative estimate of drug-likeness (QED) is 0.756. The van der Waals surface area contributed by atoms with Gasteiger partial charge in [0.1, 0.15) is 0 Å². The van der Waals surface area contributed by atoms with Crippen molar-refractivity contribution >= 4 is 0 Å². The van der Waals surface area contributed by atoms with E-state index in [4.69, 9.17) is 5.11 Å². The molecule has 16 heavy (non-hydrogen) atoms. The highest BCUT2D eigenvalue weighted by Gasteiger charge is 2.35. The van der Waals surface area contributed by atoms with E-state index in [1.165, 1.54) is 38.8 Å². The lowest BCUT2D eigenvalue weighted by atomic mass is 9.92. The Morgan fingerprint density at radius 2 is 2.19 bits per heavy atom. The second kappa shape index (κ2) is 5.99. The van der Waals surface area contributed by atoms with Crippen LogP contribution in [-0.4, -0.2) is 48.3 Å². The molecule has 0 aromatic heterocycles. The fourth-order valence-electron chi connectivity index (χ4n) is 3.44. The van der Waals surface area contributed by atoms with Gasteiger partial charge in [0.2, 0.25) is 0 Å². The molecule has 2 heterocycles. The zero-order valence-corrected chi connectivity index (χ0v) is 10.5. The summed E-state index contributed by atoms with van der Waals surface area (Å²) in [6.07, 6.45) is 6.22. The maximum Gasteiger partial charge on any atom is 0.0445 e. The Morgan fingerprint density at radius 3 is 2.94 bits per heavy atom. The summed E-state index contributed by atoms with van der Waals surface area (Å²) in [4.78, 5) is 2.69. The van der Waals surface area contributed by atoms with Gasteiger partial charge in [0.05, 0.1) is 0 Å². The van der Waals surface area contributed by atoms with Gasteiger partial charge in [0.15, 0.2) is 0 Å². The molecule has 94 valence electrons. The SMILES string of the molecule is CCC1CNCC1N1CCCCC1CCO. The summed E-state index contributed by atoms with van der Waals surface area (Å²) in [6, 6.07) is 1.36. The smallest absolute Gasteiger partial charge is 0.0445 e. The number of piperidine rings is 1. The van der Waals surface area contributed by atoms with Crippen molar-refractivity contribution in [3.63, 3.8) is 0 Å². The van der Waals surface area contributed by atoms with Crippen LogP contribution < -0.4 is 5.32 Å². The number of aliphatic hydroxyl groups is 1. The van der Waals surface area contributed by atoms with E-state index in [0.717, 1.165) is 24.9 Å². The maximum absolute atomic E-state index is 9.16. The highest BCUT2D eigenvalue weighted by molar-refractivity contribution is 4.92. The molecule has 0 saturated carbocycles. The summed E-state index contributed by atoms with van der Waals surface area (Å²) in [7, 11) is 0. The normalized spacial score (nSPS) is 36.8. The molecule has 2 aliphatic rings. The summed E-state index contributed by atoms with van der Waals surface area (Å²) < 4.78 is 0.